The minimum Gasteiger partial charge on any atom is -0.464 e. The fourth-order valence-corrected chi connectivity index (χ4v) is 4.01. The summed E-state index contributed by atoms with van der Waals surface area (Å²) >= 11 is 6.26. The van der Waals surface area contributed by atoms with Crippen LogP contribution in [0.5, 0.6) is 0 Å². The van der Waals surface area contributed by atoms with Gasteiger partial charge in [-0.25, -0.2) is 4.79 Å². The molecule has 1 N–H and O–H groups in total. The third-order valence-electron chi connectivity index (χ3n) is 5.28. The lowest BCUT2D eigenvalue weighted by molar-refractivity contribution is -0.114. The molecule has 0 aliphatic heterocycles. The molecule has 7 heteroatoms. The molecule has 1 amide bonds. The first kappa shape index (κ1) is 22.3. The molecule has 0 unspecified atom stereocenters. The standard InChI is InChI=1S/C26H21ClN2O4/c1-16(30)28-19-11-8-17(9-12-19)14-22-24(26(32)33-2)29(20-6-4-3-5-7-20)23-15-18(27)10-13-21(23)25(22)31/h3-13,15H,14H2,1-2H3,(H,28,30). The summed E-state index contributed by atoms with van der Waals surface area (Å²) in [4.78, 5) is 37.9. The van der Waals surface area contributed by atoms with Crippen molar-refractivity contribution in [1.29, 1.82) is 0 Å². The molecule has 3 aromatic carbocycles. The molecule has 4 aromatic rings. The number of methoxy groups -OCH3 is 1. The van der Waals surface area contributed by atoms with E-state index in [-0.39, 0.29) is 23.5 Å². The Labute approximate surface area is 195 Å². The van der Waals surface area contributed by atoms with Gasteiger partial charge in [0.25, 0.3) is 0 Å². The van der Waals surface area contributed by atoms with Crippen LogP contribution in [-0.4, -0.2) is 23.6 Å². The molecule has 0 fully saturated rings. The molecule has 6 nitrogen and oxygen atoms in total. The largest absolute Gasteiger partial charge is 0.464 e. The van der Waals surface area contributed by atoms with E-state index >= 15 is 0 Å². The number of hydrogen-bond acceptors (Lipinski definition) is 4. The molecule has 0 aliphatic rings. The van der Waals surface area contributed by atoms with Gasteiger partial charge in [-0.2, -0.15) is 0 Å². The minimum atomic E-state index is -0.623. The Balaban J connectivity index is 1.98. The maximum atomic E-state index is 13.6. The van der Waals surface area contributed by atoms with Crippen LogP contribution in [0.25, 0.3) is 16.6 Å². The van der Waals surface area contributed by atoms with Crippen LogP contribution in [-0.2, 0) is 16.0 Å². The van der Waals surface area contributed by atoms with Crippen molar-refractivity contribution < 1.29 is 14.3 Å². The summed E-state index contributed by atoms with van der Waals surface area (Å²) < 4.78 is 6.81. The van der Waals surface area contributed by atoms with Crippen LogP contribution in [0.3, 0.4) is 0 Å². The highest BCUT2D eigenvalue weighted by Gasteiger charge is 2.24. The molecular weight excluding hydrogens is 440 g/mol. The predicted molar refractivity (Wildman–Crippen MR) is 129 cm³/mol. The van der Waals surface area contributed by atoms with Gasteiger partial charge in [0.2, 0.25) is 5.91 Å². The Bertz CT molecular complexity index is 1410. The van der Waals surface area contributed by atoms with Gasteiger partial charge in [-0.1, -0.05) is 41.9 Å². The molecule has 0 spiro atoms. The summed E-state index contributed by atoms with van der Waals surface area (Å²) in [5.41, 5.74) is 2.87. The molecular formula is C26H21ClN2O4. The van der Waals surface area contributed by atoms with Gasteiger partial charge in [-0.05, 0) is 48.0 Å². The maximum Gasteiger partial charge on any atom is 0.355 e. The number of halogens is 1. The Hall–Kier alpha value is -3.90. The molecule has 1 heterocycles. The second-order valence-electron chi connectivity index (χ2n) is 7.54. The van der Waals surface area contributed by atoms with E-state index in [2.05, 4.69) is 5.32 Å². The van der Waals surface area contributed by atoms with Crippen molar-refractivity contribution in [2.24, 2.45) is 0 Å². The number of benzene rings is 3. The molecule has 33 heavy (non-hydrogen) atoms. The average molecular weight is 461 g/mol. The second-order valence-corrected chi connectivity index (χ2v) is 7.97. The lowest BCUT2D eigenvalue weighted by atomic mass is 9.99. The summed E-state index contributed by atoms with van der Waals surface area (Å²) in [6, 6.07) is 21.4. The normalized spacial score (nSPS) is 10.8. The van der Waals surface area contributed by atoms with E-state index in [0.717, 1.165) is 5.56 Å². The number of esters is 1. The van der Waals surface area contributed by atoms with E-state index in [9.17, 15) is 14.4 Å². The van der Waals surface area contributed by atoms with Crippen LogP contribution in [0.2, 0.25) is 5.02 Å². The van der Waals surface area contributed by atoms with Crippen molar-refractivity contribution in [3.05, 3.63) is 105 Å². The zero-order valence-electron chi connectivity index (χ0n) is 18.1. The molecule has 166 valence electrons. The number of nitrogens with one attached hydrogen (secondary N) is 1. The van der Waals surface area contributed by atoms with Gasteiger partial charge in [-0.15, -0.1) is 0 Å². The first-order valence-corrected chi connectivity index (χ1v) is 10.6. The van der Waals surface area contributed by atoms with Crippen LogP contribution < -0.4 is 10.7 Å². The van der Waals surface area contributed by atoms with Crippen molar-refractivity contribution in [2.75, 3.05) is 12.4 Å². The van der Waals surface area contributed by atoms with Crippen LogP contribution in [0.1, 0.15) is 28.5 Å². The first-order chi connectivity index (χ1) is 15.9. The first-order valence-electron chi connectivity index (χ1n) is 10.3. The smallest absolute Gasteiger partial charge is 0.355 e. The monoisotopic (exact) mass is 460 g/mol. The number of ether oxygens (including phenoxy) is 1. The van der Waals surface area contributed by atoms with Gasteiger partial charge in [0, 0.05) is 40.7 Å². The number of anilines is 1. The number of rotatable bonds is 5. The second kappa shape index (κ2) is 9.30. The average Bonchev–Trinajstić information content (AvgIpc) is 2.81. The predicted octanol–water partition coefficient (Wildman–Crippen LogP) is 4.98. The van der Waals surface area contributed by atoms with Crippen molar-refractivity contribution in [1.82, 2.24) is 4.57 Å². The fraction of sp³-hybridized carbons (Fsp3) is 0.115. The van der Waals surface area contributed by atoms with Crippen molar-refractivity contribution in [3.8, 4) is 5.69 Å². The Morgan fingerprint density at radius 2 is 1.70 bits per heavy atom. The van der Waals surface area contributed by atoms with Crippen molar-refractivity contribution in [2.45, 2.75) is 13.3 Å². The zero-order valence-corrected chi connectivity index (χ0v) is 18.8. The van der Waals surface area contributed by atoms with E-state index in [1.807, 2.05) is 42.5 Å². The Kier molecular flexibility index (Phi) is 6.29. The Morgan fingerprint density at radius 1 is 1.00 bits per heavy atom. The molecule has 0 radical (unpaired) electrons. The molecule has 0 bridgehead atoms. The fourth-order valence-electron chi connectivity index (χ4n) is 3.84. The third kappa shape index (κ3) is 4.52. The third-order valence-corrected chi connectivity index (χ3v) is 5.51. The van der Waals surface area contributed by atoms with E-state index in [0.29, 0.717) is 32.9 Å². The molecule has 0 atom stereocenters. The summed E-state index contributed by atoms with van der Waals surface area (Å²) in [5, 5.41) is 3.61. The lowest BCUT2D eigenvalue weighted by Gasteiger charge is -2.19. The summed E-state index contributed by atoms with van der Waals surface area (Å²) in [6.45, 7) is 1.43. The zero-order chi connectivity index (χ0) is 23.5. The highest BCUT2D eigenvalue weighted by atomic mass is 35.5. The van der Waals surface area contributed by atoms with Gasteiger partial charge in [-0.3, -0.25) is 9.59 Å². The number of pyridine rings is 1. The van der Waals surface area contributed by atoms with Crippen molar-refractivity contribution >= 4 is 40.1 Å². The number of hydrogen-bond donors (Lipinski definition) is 1. The van der Waals surface area contributed by atoms with Crippen LogP contribution in [0.4, 0.5) is 5.69 Å². The highest BCUT2D eigenvalue weighted by Crippen LogP contribution is 2.26. The van der Waals surface area contributed by atoms with E-state index in [1.54, 1.807) is 34.9 Å². The van der Waals surface area contributed by atoms with Crippen molar-refractivity contribution in [3.63, 3.8) is 0 Å². The number of nitrogens with zero attached hydrogens (tertiary/aromatic N) is 1. The molecule has 1 aromatic heterocycles. The number of aromatic nitrogens is 1. The number of carbonyl (C=O) groups is 2. The molecule has 0 saturated heterocycles. The SMILES string of the molecule is COC(=O)c1c(Cc2ccc(NC(C)=O)cc2)c(=O)c2ccc(Cl)cc2n1-c1ccccc1. The van der Waals surface area contributed by atoms with Crippen LogP contribution in [0, 0.1) is 0 Å². The van der Waals surface area contributed by atoms with Gasteiger partial charge in [0.15, 0.2) is 5.43 Å². The number of para-hydroxylation sites is 1. The lowest BCUT2D eigenvalue weighted by Crippen LogP contribution is -2.24. The van der Waals surface area contributed by atoms with Crippen LogP contribution in [0.15, 0.2) is 77.6 Å². The summed E-state index contributed by atoms with van der Waals surface area (Å²) in [6.07, 6.45) is 0.203. The summed E-state index contributed by atoms with van der Waals surface area (Å²) in [5.74, 6) is -0.794. The molecule has 0 aliphatic carbocycles. The van der Waals surface area contributed by atoms with E-state index in [4.69, 9.17) is 16.3 Å². The summed E-state index contributed by atoms with van der Waals surface area (Å²) in [7, 11) is 1.29. The minimum absolute atomic E-state index is 0.148. The van der Waals surface area contributed by atoms with Crippen LogP contribution >= 0.6 is 11.6 Å². The number of fused-ring (bicyclic) bond motifs is 1. The maximum absolute atomic E-state index is 13.6. The van der Waals surface area contributed by atoms with Gasteiger partial charge < -0.3 is 14.6 Å². The molecule has 4 rings (SSSR count). The number of carbonyl (C=O) groups excluding carboxylic acids is 2. The topological polar surface area (TPSA) is 77.4 Å². The quantitative estimate of drug-likeness (QED) is 0.426. The van der Waals surface area contributed by atoms with E-state index in [1.165, 1.54) is 14.0 Å². The molecule has 0 saturated carbocycles. The van der Waals surface area contributed by atoms with Gasteiger partial charge in [0.05, 0.1) is 12.6 Å². The Morgan fingerprint density at radius 3 is 2.33 bits per heavy atom. The van der Waals surface area contributed by atoms with Gasteiger partial charge in [0.1, 0.15) is 5.69 Å². The number of amides is 1. The highest BCUT2D eigenvalue weighted by molar-refractivity contribution is 6.31. The van der Waals surface area contributed by atoms with E-state index < -0.39 is 5.97 Å². The van der Waals surface area contributed by atoms with Gasteiger partial charge >= 0.3 is 5.97 Å².